The smallest absolute Gasteiger partial charge is 0.126 e. The fourth-order valence-corrected chi connectivity index (χ4v) is 4.53. The molecule has 1 aromatic rings. The van der Waals surface area contributed by atoms with Crippen LogP contribution < -0.4 is 0 Å². The maximum atomic E-state index is 14.4. The van der Waals surface area contributed by atoms with Gasteiger partial charge in [0.15, 0.2) is 0 Å². The third-order valence-electron chi connectivity index (χ3n) is 5.85. The summed E-state index contributed by atoms with van der Waals surface area (Å²) in [4.78, 5) is 2.29. The Morgan fingerprint density at radius 2 is 1.95 bits per heavy atom. The van der Waals surface area contributed by atoms with E-state index in [9.17, 15) is 9.50 Å². The van der Waals surface area contributed by atoms with E-state index in [1.807, 2.05) is 0 Å². The first-order valence-electron chi connectivity index (χ1n) is 8.16. The van der Waals surface area contributed by atoms with Gasteiger partial charge in [0.25, 0.3) is 0 Å². The van der Waals surface area contributed by atoms with Gasteiger partial charge in [-0.3, -0.25) is 0 Å². The van der Waals surface area contributed by atoms with Crippen molar-refractivity contribution in [2.45, 2.75) is 38.7 Å². The van der Waals surface area contributed by atoms with E-state index in [1.54, 1.807) is 12.1 Å². The Bertz CT molecular complexity index is 602. The van der Waals surface area contributed by atoms with Crippen molar-refractivity contribution in [1.29, 1.82) is 0 Å². The Labute approximate surface area is 132 Å². The molecule has 3 heteroatoms. The van der Waals surface area contributed by atoms with Crippen molar-refractivity contribution in [2.24, 2.45) is 11.3 Å². The number of nitrogens with zero attached hydrogens (tertiary/aromatic N) is 1. The molecule has 1 aliphatic carbocycles. The molecule has 1 atom stereocenters. The molecule has 1 saturated heterocycles. The number of hydrogen-bond acceptors (Lipinski definition) is 2. The van der Waals surface area contributed by atoms with Gasteiger partial charge in [-0.25, -0.2) is 4.39 Å². The summed E-state index contributed by atoms with van der Waals surface area (Å²) >= 11 is 0. The van der Waals surface area contributed by atoms with Gasteiger partial charge in [0, 0.05) is 5.41 Å². The second-order valence-electron chi connectivity index (χ2n) is 7.60. The number of halogens is 1. The Kier molecular flexibility index (Phi) is 3.69. The standard InChI is InChI=1S/C19H26FNO/c1-5-13-6-7-16(20)15-12-18(2,3)19(22,17(13)15)14-8-10-21(4)11-9-14/h5-7,14,22H,1,8-12H2,2-4H3. The first-order valence-corrected chi connectivity index (χ1v) is 8.16. The molecule has 1 heterocycles. The van der Waals surface area contributed by atoms with Crippen LogP contribution in [0.1, 0.15) is 43.4 Å². The van der Waals surface area contributed by atoms with Gasteiger partial charge < -0.3 is 10.0 Å². The van der Waals surface area contributed by atoms with E-state index in [0.29, 0.717) is 12.0 Å². The van der Waals surface area contributed by atoms with E-state index < -0.39 is 5.60 Å². The zero-order valence-electron chi connectivity index (χ0n) is 13.8. The van der Waals surface area contributed by atoms with E-state index >= 15 is 0 Å². The molecule has 2 nitrogen and oxygen atoms in total. The predicted molar refractivity (Wildman–Crippen MR) is 88.1 cm³/mol. The van der Waals surface area contributed by atoms with Crippen LogP contribution in [0.4, 0.5) is 4.39 Å². The van der Waals surface area contributed by atoms with Crippen molar-refractivity contribution in [3.05, 3.63) is 41.2 Å². The van der Waals surface area contributed by atoms with Crippen molar-refractivity contribution >= 4 is 6.08 Å². The molecule has 2 aliphatic rings. The van der Waals surface area contributed by atoms with E-state index in [2.05, 4.69) is 32.4 Å². The zero-order chi connectivity index (χ0) is 16.1. The summed E-state index contributed by atoms with van der Waals surface area (Å²) < 4.78 is 14.4. The molecule has 0 spiro atoms. The van der Waals surface area contributed by atoms with Gasteiger partial charge in [0.05, 0.1) is 5.60 Å². The highest BCUT2D eigenvalue weighted by molar-refractivity contribution is 5.60. The van der Waals surface area contributed by atoms with Crippen molar-refractivity contribution in [1.82, 2.24) is 4.90 Å². The molecule has 3 rings (SSSR count). The maximum absolute atomic E-state index is 14.4. The lowest BCUT2D eigenvalue weighted by Crippen LogP contribution is -2.49. The quantitative estimate of drug-likeness (QED) is 0.902. The number of benzene rings is 1. The van der Waals surface area contributed by atoms with Crippen molar-refractivity contribution in [3.63, 3.8) is 0 Å². The summed E-state index contributed by atoms with van der Waals surface area (Å²) in [5.74, 6) is -0.0297. The van der Waals surface area contributed by atoms with E-state index in [0.717, 1.165) is 37.1 Å². The predicted octanol–water partition coefficient (Wildman–Crippen LogP) is 3.58. The van der Waals surface area contributed by atoms with Gasteiger partial charge >= 0.3 is 0 Å². The Morgan fingerprint density at radius 1 is 1.32 bits per heavy atom. The van der Waals surface area contributed by atoms with Gasteiger partial charge in [-0.05, 0) is 68.1 Å². The molecule has 0 amide bonds. The van der Waals surface area contributed by atoms with Crippen LogP contribution in [0.5, 0.6) is 0 Å². The van der Waals surface area contributed by atoms with Crippen LogP contribution in [-0.2, 0) is 12.0 Å². The molecule has 120 valence electrons. The molecule has 1 fully saturated rings. The monoisotopic (exact) mass is 303 g/mol. The summed E-state index contributed by atoms with van der Waals surface area (Å²) in [6.07, 6.45) is 4.23. The lowest BCUT2D eigenvalue weighted by atomic mass is 9.65. The number of hydrogen-bond donors (Lipinski definition) is 1. The summed E-state index contributed by atoms with van der Waals surface area (Å²) in [5, 5.41) is 11.8. The second kappa shape index (κ2) is 5.17. The molecule has 0 saturated carbocycles. The molecule has 1 aromatic carbocycles. The summed E-state index contributed by atoms with van der Waals surface area (Å²) in [7, 11) is 2.11. The van der Waals surface area contributed by atoms with Crippen LogP contribution in [0.3, 0.4) is 0 Å². The molecule has 1 aliphatic heterocycles. The third-order valence-corrected chi connectivity index (χ3v) is 5.85. The van der Waals surface area contributed by atoms with Gasteiger partial charge in [-0.15, -0.1) is 0 Å². The Morgan fingerprint density at radius 3 is 2.55 bits per heavy atom. The number of piperidine rings is 1. The Balaban J connectivity index is 2.15. The van der Waals surface area contributed by atoms with Crippen LogP contribution in [0.25, 0.3) is 6.08 Å². The maximum Gasteiger partial charge on any atom is 0.126 e. The highest BCUT2D eigenvalue weighted by atomic mass is 19.1. The van der Waals surface area contributed by atoms with Crippen molar-refractivity contribution in [2.75, 3.05) is 20.1 Å². The number of aliphatic hydroxyl groups is 1. The minimum Gasteiger partial charge on any atom is -0.384 e. The number of likely N-dealkylation sites (tertiary alicyclic amines) is 1. The molecule has 0 bridgehead atoms. The molecular weight excluding hydrogens is 277 g/mol. The van der Waals surface area contributed by atoms with Crippen molar-refractivity contribution < 1.29 is 9.50 Å². The van der Waals surface area contributed by atoms with Gasteiger partial charge in [0.1, 0.15) is 5.82 Å². The fraction of sp³-hybridized carbons (Fsp3) is 0.579. The number of rotatable bonds is 2. The van der Waals surface area contributed by atoms with Gasteiger partial charge in [-0.1, -0.05) is 32.6 Å². The number of fused-ring (bicyclic) bond motifs is 1. The minimum absolute atomic E-state index is 0.167. The van der Waals surface area contributed by atoms with Gasteiger partial charge in [0.2, 0.25) is 0 Å². The lowest BCUT2D eigenvalue weighted by Gasteiger charge is -2.47. The summed E-state index contributed by atoms with van der Waals surface area (Å²) in [6, 6.07) is 3.26. The van der Waals surface area contributed by atoms with Gasteiger partial charge in [-0.2, -0.15) is 0 Å². The third kappa shape index (κ3) is 2.06. The topological polar surface area (TPSA) is 23.5 Å². The van der Waals surface area contributed by atoms with E-state index in [-0.39, 0.29) is 17.2 Å². The van der Waals surface area contributed by atoms with Crippen LogP contribution in [0.2, 0.25) is 0 Å². The second-order valence-corrected chi connectivity index (χ2v) is 7.60. The molecule has 1 N–H and O–H groups in total. The SMILES string of the molecule is C=Cc1ccc(F)c2c1C(O)(C1CCN(C)CC1)C(C)(C)C2. The molecule has 22 heavy (non-hydrogen) atoms. The molecule has 0 radical (unpaired) electrons. The average Bonchev–Trinajstić information content (AvgIpc) is 2.70. The first-order chi connectivity index (χ1) is 10.3. The van der Waals surface area contributed by atoms with Crippen LogP contribution in [0, 0.1) is 17.2 Å². The molecule has 1 unspecified atom stereocenters. The average molecular weight is 303 g/mol. The fourth-order valence-electron chi connectivity index (χ4n) is 4.53. The highest BCUT2D eigenvalue weighted by Crippen LogP contribution is 2.57. The first kappa shape index (κ1) is 15.7. The van der Waals surface area contributed by atoms with E-state index in [4.69, 9.17) is 0 Å². The summed E-state index contributed by atoms with van der Waals surface area (Å²) in [5.41, 5.74) is 1.01. The summed E-state index contributed by atoms with van der Waals surface area (Å²) in [6.45, 7) is 9.97. The largest absolute Gasteiger partial charge is 0.384 e. The van der Waals surface area contributed by atoms with Crippen LogP contribution >= 0.6 is 0 Å². The van der Waals surface area contributed by atoms with Crippen LogP contribution in [0.15, 0.2) is 18.7 Å². The highest BCUT2D eigenvalue weighted by Gasteiger charge is 2.57. The lowest BCUT2D eigenvalue weighted by molar-refractivity contribution is -0.121. The molecule has 0 aromatic heterocycles. The minimum atomic E-state index is -0.977. The van der Waals surface area contributed by atoms with Crippen molar-refractivity contribution in [3.8, 4) is 0 Å². The zero-order valence-corrected chi connectivity index (χ0v) is 13.8. The normalized spacial score (nSPS) is 28.6. The molecular formula is C19H26FNO. The Hall–Kier alpha value is -1.19. The van der Waals surface area contributed by atoms with E-state index in [1.165, 1.54) is 6.07 Å². The van der Waals surface area contributed by atoms with Crippen LogP contribution in [-0.4, -0.2) is 30.1 Å².